The first-order chi connectivity index (χ1) is 12.7. The number of aryl methyl sites for hydroxylation is 1. The number of benzene rings is 3. The Kier molecular flexibility index (Phi) is 4.20. The summed E-state index contributed by atoms with van der Waals surface area (Å²) in [6.45, 7) is 2.05. The van der Waals surface area contributed by atoms with Gasteiger partial charge in [0.1, 0.15) is 0 Å². The maximum absolute atomic E-state index is 12.9. The molecule has 0 bridgehead atoms. The average molecular weight is 338 g/mol. The van der Waals surface area contributed by atoms with Gasteiger partial charge >= 0.3 is 0 Å². The van der Waals surface area contributed by atoms with E-state index in [1.54, 1.807) is 4.57 Å². The predicted octanol–water partition coefficient (Wildman–Crippen LogP) is 5.39. The van der Waals surface area contributed by atoms with E-state index in [4.69, 9.17) is 0 Å². The number of aromatic nitrogens is 1. The first kappa shape index (κ1) is 16.0. The fourth-order valence-electron chi connectivity index (χ4n) is 2.97. The van der Waals surface area contributed by atoms with Crippen molar-refractivity contribution in [1.82, 2.24) is 4.57 Å². The summed E-state index contributed by atoms with van der Waals surface area (Å²) >= 11 is 0. The molecule has 126 valence electrons. The number of carbonyl (C=O) groups excluding carboxylic acids is 1. The highest BCUT2D eigenvalue weighted by Gasteiger charge is 2.13. The molecule has 3 aromatic carbocycles. The molecule has 3 nitrogen and oxygen atoms in total. The Hall–Kier alpha value is -3.46. The molecule has 0 fully saturated rings. The predicted molar refractivity (Wildman–Crippen MR) is 107 cm³/mol. The van der Waals surface area contributed by atoms with E-state index >= 15 is 0 Å². The number of aliphatic imine (C=N–C) groups is 1. The topological polar surface area (TPSA) is 34.4 Å². The van der Waals surface area contributed by atoms with Crippen molar-refractivity contribution in [1.29, 1.82) is 0 Å². The molecule has 4 rings (SSSR count). The van der Waals surface area contributed by atoms with E-state index in [2.05, 4.69) is 11.9 Å². The molecule has 0 N–H and O–H groups in total. The van der Waals surface area contributed by atoms with Gasteiger partial charge in [0.2, 0.25) is 0 Å². The maximum atomic E-state index is 12.9. The Morgan fingerprint density at radius 1 is 0.885 bits per heavy atom. The van der Waals surface area contributed by atoms with Crippen molar-refractivity contribution >= 4 is 28.7 Å². The van der Waals surface area contributed by atoms with Crippen LogP contribution in [0.3, 0.4) is 0 Å². The van der Waals surface area contributed by atoms with Crippen LogP contribution in [0.2, 0.25) is 0 Å². The minimum Gasteiger partial charge on any atom is -0.282 e. The second-order valence-electron chi connectivity index (χ2n) is 6.24. The SMILES string of the molecule is Cc1ccc(N=Cc2cn(C(=O)c3ccccc3)c3ccccc23)cc1. The number of para-hydroxylation sites is 1. The summed E-state index contributed by atoms with van der Waals surface area (Å²) in [7, 11) is 0. The molecule has 0 aliphatic rings. The van der Waals surface area contributed by atoms with Crippen LogP contribution in [0, 0.1) is 6.92 Å². The van der Waals surface area contributed by atoms with Crippen molar-refractivity contribution in [2.24, 2.45) is 4.99 Å². The van der Waals surface area contributed by atoms with E-state index in [0.717, 1.165) is 22.2 Å². The standard InChI is InChI=1S/C23H18N2O/c1-17-11-13-20(14-12-17)24-15-19-16-25(22-10-6-5-9-21(19)22)23(26)18-7-3-2-4-8-18/h2-16H,1H3. The van der Waals surface area contributed by atoms with Crippen molar-refractivity contribution in [3.63, 3.8) is 0 Å². The molecular formula is C23H18N2O. The monoisotopic (exact) mass is 338 g/mol. The van der Waals surface area contributed by atoms with Crippen LogP contribution in [0.1, 0.15) is 21.5 Å². The summed E-state index contributed by atoms with van der Waals surface area (Å²) in [5.74, 6) is -0.0446. The molecule has 0 aliphatic carbocycles. The van der Waals surface area contributed by atoms with Crippen LogP contribution in [0.4, 0.5) is 5.69 Å². The van der Waals surface area contributed by atoms with Crippen LogP contribution in [-0.4, -0.2) is 16.7 Å². The van der Waals surface area contributed by atoms with Crippen molar-refractivity contribution in [3.05, 3.63) is 102 Å². The van der Waals surface area contributed by atoms with E-state index in [9.17, 15) is 4.79 Å². The highest BCUT2D eigenvalue weighted by molar-refractivity contribution is 6.07. The Bertz CT molecular complexity index is 1090. The molecular weight excluding hydrogens is 320 g/mol. The third kappa shape index (κ3) is 3.07. The zero-order chi connectivity index (χ0) is 17.9. The summed E-state index contributed by atoms with van der Waals surface area (Å²) in [5.41, 5.74) is 4.56. The smallest absolute Gasteiger partial charge is 0.262 e. The highest BCUT2D eigenvalue weighted by atomic mass is 16.2. The van der Waals surface area contributed by atoms with Crippen LogP contribution in [0.25, 0.3) is 10.9 Å². The first-order valence-corrected chi connectivity index (χ1v) is 8.53. The Morgan fingerprint density at radius 3 is 2.35 bits per heavy atom. The van der Waals surface area contributed by atoms with Gasteiger partial charge in [0.25, 0.3) is 5.91 Å². The Balaban J connectivity index is 1.77. The number of hydrogen-bond acceptors (Lipinski definition) is 2. The van der Waals surface area contributed by atoms with Gasteiger partial charge in [0.05, 0.1) is 11.2 Å². The van der Waals surface area contributed by atoms with E-state index in [1.807, 2.05) is 91.3 Å². The molecule has 0 unspecified atom stereocenters. The summed E-state index contributed by atoms with van der Waals surface area (Å²) in [4.78, 5) is 17.5. The normalized spacial score (nSPS) is 11.3. The molecule has 3 heteroatoms. The number of carbonyl (C=O) groups is 1. The van der Waals surface area contributed by atoms with E-state index < -0.39 is 0 Å². The lowest BCUT2D eigenvalue weighted by atomic mass is 10.2. The summed E-state index contributed by atoms with van der Waals surface area (Å²) < 4.78 is 1.70. The van der Waals surface area contributed by atoms with Gasteiger partial charge in [-0.15, -0.1) is 0 Å². The molecule has 1 heterocycles. The van der Waals surface area contributed by atoms with Crippen molar-refractivity contribution in [2.75, 3.05) is 0 Å². The van der Waals surface area contributed by atoms with Crippen LogP contribution in [0.5, 0.6) is 0 Å². The van der Waals surface area contributed by atoms with Gasteiger partial charge in [0, 0.05) is 28.9 Å². The van der Waals surface area contributed by atoms with Crippen LogP contribution >= 0.6 is 0 Å². The molecule has 0 spiro atoms. The van der Waals surface area contributed by atoms with Gasteiger partial charge < -0.3 is 0 Å². The zero-order valence-corrected chi connectivity index (χ0v) is 14.5. The molecule has 1 aromatic heterocycles. The number of fused-ring (bicyclic) bond motifs is 1. The number of rotatable bonds is 3. The van der Waals surface area contributed by atoms with Gasteiger partial charge in [-0.1, -0.05) is 54.1 Å². The van der Waals surface area contributed by atoms with Crippen molar-refractivity contribution in [3.8, 4) is 0 Å². The molecule has 0 atom stereocenters. The van der Waals surface area contributed by atoms with Gasteiger partial charge in [-0.3, -0.25) is 14.4 Å². The molecule has 0 amide bonds. The maximum Gasteiger partial charge on any atom is 0.262 e. The quantitative estimate of drug-likeness (QED) is 0.461. The zero-order valence-electron chi connectivity index (χ0n) is 14.5. The molecule has 0 radical (unpaired) electrons. The largest absolute Gasteiger partial charge is 0.282 e. The summed E-state index contributed by atoms with van der Waals surface area (Å²) in [5, 5.41) is 1.01. The third-order valence-corrected chi connectivity index (χ3v) is 4.37. The third-order valence-electron chi connectivity index (χ3n) is 4.37. The lowest BCUT2D eigenvalue weighted by molar-refractivity contribution is 0.0965. The Labute approximate surface area is 152 Å². The molecule has 26 heavy (non-hydrogen) atoms. The summed E-state index contributed by atoms with van der Waals surface area (Å²) in [6, 6.07) is 25.3. The molecule has 4 aromatic rings. The average Bonchev–Trinajstić information content (AvgIpc) is 3.06. The van der Waals surface area contributed by atoms with E-state index in [1.165, 1.54) is 5.56 Å². The lowest BCUT2D eigenvalue weighted by Crippen LogP contribution is -2.10. The fourth-order valence-corrected chi connectivity index (χ4v) is 2.97. The second-order valence-corrected chi connectivity index (χ2v) is 6.24. The number of hydrogen-bond donors (Lipinski definition) is 0. The van der Waals surface area contributed by atoms with Crippen LogP contribution in [0.15, 0.2) is 90.1 Å². The fraction of sp³-hybridized carbons (Fsp3) is 0.0435. The van der Waals surface area contributed by atoms with Gasteiger partial charge in [0.15, 0.2) is 0 Å². The molecule has 0 aliphatic heterocycles. The minimum atomic E-state index is -0.0446. The minimum absolute atomic E-state index is 0.0446. The highest BCUT2D eigenvalue weighted by Crippen LogP contribution is 2.22. The summed E-state index contributed by atoms with van der Waals surface area (Å²) in [6.07, 6.45) is 3.68. The molecule has 0 saturated heterocycles. The van der Waals surface area contributed by atoms with Crippen LogP contribution < -0.4 is 0 Å². The van der Waals surface area contributed by atoms with Gasteiger partial charge in [-0.05, 0) is 37.3 Å². The van der Waals surface area contributed by atoms with Gasteiger partial charge in [-0.2, -0.15) is 0 Å². The van der Waals surface area contributed by atoms with Gasteiger partial charge in [-0.25, -0.2) is 0 Å². The first-order valence-electron chi connectivity index (χ1n) is 8.53. The van der Waals surface area contributed by atoms with Crippen molar-refractivity contribution < 1.29 is 4.79 Å². The van der Waals surface area contributed by atoms with E-state index in [0.29, 0.717) is 5.56 Å². The second kappa shape index (κ2) is 6.81. The van der Waals surface area contributed by atoms with E-state index in [-0.39, 0.29) is 5.91 Å². The van der Waals surface area contributed by atoms with Crippen molar-refractivity contribution in [2.45, 2.75) is 6.92 Å². The van der Waals surface area contributed by atoms with Crippen LogP contribution in [-0.2, 0) is 0 Å². The lowest BCUT2D eigenvalue weighted by Gasteiger charge is -2.03. The Morgan fingerprint density at radius 2 is 1.58 bits per heavy atom. The number of nitrogens with zero attached hydrogens (tertiary/aromatic N) is 2. The molecule has 0 saturated carbocycles.